The first-order valence-corrected chi connectivity index (χ1v) is 9.22. The SMILES string of the molecule is CC(c1ccccc1)n1c(=O)[nH]c2cnc(-c3cccc4ncccc34)cc21. The Labute approximate surface area is 161 Å². The fourth-order valence-corrected chi connectivity index (χ4v) is 3.76. The van der Waals surface area contributed by atoms with Crippen molar-refractivity contribution in [1.29, 1.82) is 0 Å². The molecule has 0 spiro atoms. The molecule has 0 amide bonds. The molecular weight excluding hydrogens is 348 g/mol. The van der Waals surface area contributed by atoms with Crippen molar-refractivity contribution in [3.63, 3.8) is 0 Å². The standard InChI is InChI=1S/C23H18N4O/c1-15(16-7-3-2-4-8-16)27-22-13-20(25-14-21(22)26-23(27)28)18-9-5-11-19-17(18)10-6-12-24-19/h2-15H,1H3,(H,26,28). The maximum absolute atomic E-state index is 12.7. The topological polar surface area (TPSA) is 63.6 Å². The summed E-state index contributed by atoms with van der Waals surface area (Å²) in [6, 6.07) is 21.9. The summed E-state index contributed by atoms with van der Waals surface area (Å²) in [4.78, 5) is 24.6. The Morgan fingerprint density at radius 1 is 0.964 bits per heavy atom. The van der Waals surface area contributed by atoms with Gasteiger partial charge in [-0.05, 0) is 30.7 Å². The zero-order valence-electron chi connectivity index (χ0n) is 15.3. The third-order valence-electron chi connectivity index (χ3n) is 5.19. The molecule has 5 rings (SSSR count). The molecule has 0 radical (unpaired) electrons. The predicted octanol–water partition coefficient (Wildman–Crippen LogP) is 4.55. The molecular formula is C23H18N4O. The van der Waals surface area contributed by atoms with Gasteiger partial charge in [0.1, 0.15) is 0 Å². The molecule has 1 unspecified atom stereocenters. The van der Waals surface area contributed by atoms with Crippen molar-refractivity contribution in [2.75, 3.05) is 0 Å². The van der Waals surface area contributed by atoms with Crippen LogP contribution in [0.5, 0.6) is 0 Å². The van der Waals surface area contributed by atoms with Gasteiger partial charge in [-0.2, -0.15) is 0 Å². The molecule has 136 valence electrons. The van der Waals surface area contributed by atoms with Crippen molar-refractivity contribution in [2.24, 2.45) is 0 Å². The lowest BCUT2D eigenvalue weighted by Gasteiger charge is -2.14. The van der Waals surface area contributed by atoms with E-state index in [1.54, 1.807) is 17.0 Å². The summed E-state index contributed by atoms with van der Waals surface area (Å²) in [5.41, 5.74) is 5.26. The van der Waals surface area contributed by atoms with Crippen molar-refractivity contribution in [3.8, 4) is 11.3 Å². The lowest BCUT2D eigenvalue weighted by molar-refractivity contribution is 0.635. The minimum Gasteiger partial charge on any atom is -0.304 e. The highest BCUT2D eigenvalue weighted by molar-refractivity contribution is 5.95. The fourth-order valence-electron chi connectivity index (χ4n) is 3.76. The van der Waals surface area contributed by atoms with Crippen molar-refractivity contribution in [1.82, 2.24) is 19.5 Å². The molecule has 0 aliphatic carbocycles. The second kappa shape index (κ2) is 6.46. The summed E-state index contributed by atoms with van der Waals surface area (Å²) >= 11 is 0. The Kier molecular flexibility index (Phi) is 3.79. The lowest BCUT2D eigenvalue weighted by Crippen LogP contribution is -2.21. The minimum atomic E-state index is -0.134. The molecule has 3 aromatic heterocycles. The number of nitrogens with one attached hydrogen (secondary N) is 1. The molecule has 1 N–H and O–H groups in total. The predicted molar refractivity (Wildman–Crippen MR) is 111 cm³/mol. The van der Waals surface area contributed by atoms with Gasteiger partial charge in [0.25, 0.3) is 0 Å². The summed E-state index contributed by atoms with van der Waals surface area (Å²) in [7, 11) is 0. The van der Waals surface area contributed by atoms with Gasteiger partial charge in [0.05, 0.1) is 34.5 Å². The molecule has 0 aliphatic heterocycles. The summed E-state index contributed by atoms with van der Waals surface area (Å²) in [6.07, 6.45) is 3.52. The zero-order chi connectivity index (χ0) is 19.1. The number of aromatic amines is 1. The van der Waals surface area contributed by atoms with E-state index in [2.05, 4.69) is 15.0 Å². The smallest absolute Gasteiger partial charge is 0.304 e. The number of hydrogen-bond donors (Lipinski definition) is 1. The van der Waals surface area contributed by atoms with Gasteiger partial charge in [-0.15, -0.1) is 0 Å². The second-order valence-electron chi connectivity index (χ2n) is 6.85. The van der Waals surface area contributed by atoms with Gasteiger partial charge in [0.15, 0.2) is 0 Å². The lowest BCUT2D eigenvalue weighted by atomic mass is 10.0. The van der Waals surface area contributed by atoms with E-state index in [-0.39, 0.29) is 11.7 Å². The van der Waals surface area contributed by atoms with E-state index in [0.29, 0.717) is 0 Å². The van der Waals surface area contributed by atoms with Gasteiger partial charge in [-0.25, -0.2) is 4.79 Å². The molecule has 3 heterocycles. The number of imidazole rings is 1. The first kappa shape index (κ1) is 16.4. The van der Waals surface area contributed by atoms with Crippen LogP contribution in [0.15, 0.2) is 83.9 Å². The van der Waals surface area contributed by atoms with Crippen LogP contribution in [0, 0.1) is 0 Å². The maximum Gasteiger partial charge on any atom is 0.327 e. The summed E-state index contributed by atoms with van der Waals surface area (Å²) < 4.78 is 1.79. The third kappa shape index (κ3) is 2.60. The maximum atomic E-state index is 12.7. The van der Waals surface area contributed by atoms with E-state index in [9.17, 15) is 4.79 Å². The Hall–Kier alpha value is -3.73. The van der Waals surface area contributed by atoms with Gasteiger partial charge in [-0.3, -0.25) is 14.5 Å². The van der Waals surface area contributed by atoms with E-state index in [4.69, 9.17) is 0 Å². The van der Waals surface area contributed by atoms with E-state index in [1.807, 2.05) is 73.7 Å². The number of hydrogen-bond acceptors (Lipinski definition) is 3. The van der Waals surface area contributed by atoms with Crippen molar-refractivity contribution >= 4 is 21.9 Å². The van der Waals surface area contributed by atoms with Gasteiger partial charge in [0, 0.05) is 17.1 Å². The Bertz CT molecular complexity index is 1350. The van der Waals surface area contributed by atoms with Crippen LogP contribution in [0.25, 0.3) is 33.2 Å². The third-order valence-corrected chi connectivity index (χ3v) is 5.19. The van der Waals surface area contributed by atoms with E-state index >= 15 is 0 Å². The van der Waals surface area contributed by atoms with Crippen LogP contribution in [0.1, 0.15) is 18.5 Å². The quantitative estimate of drug-likeness (QED) is 0.509. The van der Waals surface area contributed by atoms with E-state index < -0.39 is 0 Å². The van der Waals surface area contributed by atoms with Crippen LogP contribution >= 0.6 is 0 Å². The Morgan fingerprint density at radius 3 is 2.68 bits per heavy atom. The highest BCUT2D eigenvalue weighted by Gasteiger charge is 2.16. The van der Waals surface area contributed by atoms with Crippen molar-refractivity contribution in [2.45, 2.75) is 13.0 Å². The number of H-pyrrole nitrogens is 1. The van der Waals surface area contributed by atoms with Crippen LogP contribution in [0.2, 0.25) is 0 Å². The average molecular weight is 366 g/mol. The Balaban J connectivity index is 1.72. The number of benzene rings is 2. The fraction of sp³-hybridized carbons (Fsp3) is 0.0870. The first-order chi connectivity index (χ1) is 13.7. The van der Waals surface area contributed by atoms with Gasteiger partial charge >= 0.3 is 5.69 Å². The van der Waals surface area contributed by atoms with Gasteiger partial charge < -0.3 is 4.98 Å². The molecule has 0 saturated carbocycles. The zero-order valence-corrected chi connectivity index (χ0v) is 15.3. The van der Waals surface area contributed by atoms with Crippen molar-refractivity contribution in [3.05, 3.63) is 95.2 Å². The van der Waals surface area contributed by atoms with Crippen LogP contribution in [-0.4, -0.2) is 19.5 Å². The Morgan fingerprint density at radius 2 is 1.82 bits per heavy atom. The molecule has 1 atom stereocenters. The average Bonchev–Trinajstić information content (AvgIpc) is 3.08. The number of rotatable bonds is 3. The summed E-state index contributed by atoms with van der Waals surface area (Å²) in [5, 5.41) is 1.04. The van der Waals surface area contributed by atoms with Crippen LogP contribution < -0.4 is 5.69 Å². The molecule has 5 heteroatoms. The summed E-state index contributed by atoms with van der Waals surface area (Å²) in [5.74, 6) is 0. The van der Waals surface area contributed by atoms with E-state index in [1.165, 1.54) is 0 Å². The highest BCUT2D eigenvalue weighted by atomic mass is 16.1. The van der Waals surface area contributed by atoms with Crippen molar-refractivity contribution < 1.29 is 0 Å². The molecule has 28 heavy (non-hydrogen) atoms. The molecule has 5 aromatic rings. The highest BCUT2D eigenvalue weighted by Crippen LogP contribution is 2.29. The minimum absolute atomic E-state index is 0.0908. The van der Waals surface area contributed by atoms with E-state index in [0.717, 1.165) is 38.8 Å². The van der Waals surface area contributed by atoms with Crippen LogP contribution in [0.4, 0.5) is 0 Å². The van der Waals surface area contributed by atoms with Crippen LogP contribution in [0.3, 0.4) is 0 Å². The first-order valence-electron chi connectivity index (χ1n) is 9.22. The van der Waals surface area contributed by atoms with Gasteiger partial charge in [-0.1, -0.05) is 48.5 Å². The summed E-state index contributed by atoms with van der Waals surface area (Å²) in [6.45, 7) is 2.03. The molecule has 2 aromatic carbocycles. The molecule has 0 fully saturated rings. The number of fused-ring (bicyclic) bond motifs is 2. The number of nitrogens with zero attached hydrogens (tertiary/aromatic N) is 3. The monoisotopic (exact) mass is 366 g/mol. The second-order valence-corrected chi connectivity index (χ2v) is 6.85. The number of aromatic nitrogens is 4. The molecule has 0 saturated heterocycles. The normalized spacial score (nSPS) is 12.5. The van der Waals surface area contributed by atoms with Gasteiger partial charge in [0.2, 0.25) is 0 Å². The molecule has 0 bridgehead atoms. The van der Waals surface area contributed by atoms with Crippen LogP contribution in [-0.2, 0) is 0 Å². The molecule has 5 nitrogen and oxygen atoms in total. The largest absolute Gasteiger partial charge is 0.327 e. The molecule has 0 aliphatic rings. The number of pyridine rings is 2.